The van der Waals surface area contributed by atoms with Crippen molar-refractivity contribution in [2.45, 2.75) is 19.3 Å². The number of fused-ring (bicyclic) bond motifs is 3. The summed E-state index contributed by atoms with van der Waals surface area (Å²) in [5.41, 5.74) is 13.8. The van der Waals surface area contributed by atoms with Gasteiger partial charge in [0.15, 0.2) is 0 Å². The van der Waals surface area contributed by atoms with Gasteiger partial charge in [0.1, 0.15) is 0 Å². The van der Waals surface area contributed by atoms with Crippen molar-refractivity contribution in [3.63, 3.8) is 0 Å². The fourth-order valence-electron chi connectivity index (χ4n) is 6.81. The van der Waals surface area contributed by atoms with E-state index in [1.807, 2.05) is 0 Å². The number of hydrogen-bond acceptors (Lipinski definition) is 0. The lowest BCUT2D eigenvalue weighted by molar-refractivity contribution is 1.01. The van der Waals surface area contributed by atoms with E-state index in [0.29, 0.717) is 0 Å². The average molecular weight is 471 g/mol. The van der Waals surface area contributed by atoms with Crippen LogP contribution in [0.3, 0.4) is 0 Å². The Bertz CT molecular complexity index is 1890. The molecule has 0 bridgehead atoms. The van der Waals surface area contributed by atoms with Gasteiger partial charge in [-0.25, -0.2) is 0 Å². The first-order valence-corrected chi connectivity index (χ1v) is 13.2. The highest BCUT2D eigenvalue weighted by molar-refractivity contribution is 6.15. The van der Waals surface area contributed by atoms with Gasteiger partial charge in [0.2, 0.25) is 0 Å². The van der Waals surface area contributed by atoms with E-state index in [2.05, 4.69) is 128 Å². The third kappa shape index (κ3) is 3.02. The highest BCUT2D eigenvalue weighted by atomic mass is 14.3. The van der Waals surface area contributed by atoms with Gasteiger partial charge < -0.3 is 0 Å². The van der Waals surface area contributed by atoms with Gasteiger partial charge in [-0.3, -0.25) is 0 Å². The maximum absolute atomic E-state index is 2.54. The summed E-state index contributed by atoms with van der Waals surface area (Å²) in [5.74, 6) is 0.189. The molecule has 0 aromatic heterocycles. The Balaban J connectivity index is 1.35. The number of hydrogen-bond donors (Lipinski definition) is 0. The molecule has 1 atom stereocenters. The summed E-state index contributed by atoms with van der Waals surface area (Å²) in [6.07, 6.45) is 3.54. The molecule has 0 saturated carbocycles. The molecule has 0 heteroatoms. The van der Waals surface area contributed by atoms with E-state index < -0.39 is 0 Å². The molecule has 8 rings (SSSR count). The van der Waals surface area contributed by atoms with Crippen LogP contribution in [0.15, 0.2) is 121 Å². The second kappa shape index (κ2) is 7.79. The standard InChI is InChI=1S/C37H26/c1-23-19-34-30-17-7-13-26-14-8-18-31(37(26)30)35(34)22-32(23)33(24-9-3-2-4-10-24)21-28-20-27-15-5-11-25-12-6-16-29(28)36(25)27/h2-19,21-22,33H,20H2,1H3. The van der Waals surface area contributed by atoms with Gasteiger partial charge >= 0.3 is 0 Å². The molecule has 1 unspecified atom stereocenters. The van der Waals surface area contributed by atoms with E-state index in [1.165, 1.54) is 77.2 Å². The maximum Gasteiger partial charge on any atom is 0.0278 e. The Kier molecular flexibility index (Phi) is 4.37. The summed E-state index contributed by atoms with van der Waals surface area (Å²) >= 11 is 0. The molecular weight excluding hydrogens is 444 g/mol. The average Bonchev–Trinajstić information content (AvgIpc) is 3.45. The molecule has 6 aromatic carbocycles. The second-order valence-corrected chi connectivity index (χ2v) is 10.5. The van der Waals surface area contributed by atoms with E-state index in [1.54, 1.807) is 0 Å². The Morgan fingerprint density at radius 1 is 0.568 bits per heavy atom. The number of benzene rings is 6. The first-order chi connectivity index (χ1) is 18.3. The zero-order valence-corrected chi connectivity index (χ0v) is 20.8. The lowest BCUT2D eigenvalue weighted by Gasteiger charge is -2.20. The molecule has 0 aliphatic heterocycles. The van der Waals surface area contributed by atoms with Crippen LogP contribution in [0, 0.1) is 6.92 Å². The Hall–Kier alpha value is -4.42. The van der Waals surface area contributed by atoms with Gasteiger partial charge in [-0.2, -0.15) is 0 Å². The second-order valence-electron chi connectivity index (χ2n) is 10.5. The molecule has 6 aromatic rings. The highest BCUT2D eigenvalue weighted by Gasteiger charge is 2.26. The first kappa shape index (κ1) is 20.7. The summed E-state index contributed by atoms with van der Waals surface area (Å²) in [6, 6.07) is 42.8. The van der Waals surface area contributed by atoms with Gasteiger partial charge in [-0.15, -0.1) is 0 Å². The van der Waals surface area contributed by atoms with Crippen molar-refractivity contribution in [3.8, 4) is 22.3 Å². The normalized spacial score (nSPS) is 15.0. The molecule has 2 aliphatic carbocycles. The van der Waals surface area contributed by atoms with Gasteiger partial charge in [-0.05, 0) is 96.6 Å². The van der Waals surface area contributed by atoms with Crippen LogP contribution in [0.4, 0.5) is 0 Å². The minimum Gasteiger partial charge on any atom is -0.0685 e. The third-order valence-corrected chi connectivity index (χ3v) is 8.47. The van der Waals surface area contributed by atoms with E-state index in [9.17, 15) is 0 Å². The minimum atomic E-state index is 0.189. The minimum absolute atomic E-state index is 0.189. The van der Waals surface area contributed by atoms with Gasteiger partial charge in [0.05, 0.1) is 0 Å². The predicted molar refractivity (Wildman–Crippen MR) is 157 cm³/mol. The molecule has 0 amide bonds. The molecule has 0 fully saturated rings. The smallest absolute Gasteiger partial charge is 0.0278 e. The van der Waals surface area contributed by atoms with Crippen LogP contribution in [-0.2, 0) is 6.42 Å². The van der Waals surface area contributed by atoms with Crippen molar-refractivity contribution in [1.82, 2.24) is 0 Å². The van der Waals surface area contributed by atoms with E-state index in [4.69, 9.17) is 0 Å². The van der Waals surface area contributed by atoms with E-state index in [-0.39, 0.29) is 5.92 Å². The number of allylic oxidation sites excluding steroid dienone is 2. The summed E-state index contributed by atoms with van der Waals surface area (Å²) < 4.78 is 0. The van der Waals surface area contributed by atoms with Gasteiger partial charge in [0, 0.05) is 5.92 Å². The molecule has 0 heterocycles. The first-order valence-electron chi connectivity index (χ1n) is 13.2. The molecule has 174 valence electrons. The van der Waals surface area contributed by atoms with Crippen molar-refractivity contribution in [2.75, 3.05) is 0 Å². The van der Waals surface area contributed by atoms with E-state index >= 15 is 0 Å². The zero-order chi connectivity index (χ0) is 24.5. The van der Waals surface area contributed by atoms with Crippen molar-refractivity contribution >= 4 is 27.1 Å². The number of aryl methyl sites for hydroxylation is 1. The molecule has 0 spiro atoms. The fourth-order valence-corrected chi connectivity index (χ4v) is 6.81. The summed E-state index contributed by atoms with van der Waals surface area (Å²) in [6.45, 7) is 2.29. The van der Waals surface area contributed by atoms with Gasteiger partial charge in [-0.1, -0.05) is 115 Å². The quantitative estimate of drug-likeness (QED) is 0.241. The maximum atomic E-state index is 2.54. The lowest BCUT2D eigenvalue weighted by atomic mass is 9.83. The van der Waals surface area contributed by atoms with Crippen LogP contribution < -0.4 is 0 Å². The van der Waals surface area contributed by atoms with Crippen molar-refractivity contribution in [1.29, 1.82) is 0 Å². The Morgan fingerprint density at radius 3 is 1.92 bits per heavy atom. The Morgan fingerprint density at radius 2 is 1.19 bits per heavy atom. The predicted octanol–water partition coefficient (Wildman–Crippen LogP) is 9.72. The molecule has 2 aliphatic rings. The van der Waals surface area contributed by atoms with Crippen LogP contribution in [-0.4, -0.2) is 0 Å². The molecule has 37 heavy (non-hydrogen) atoms. The summed E-state index contributed by atoms with van der Waals surface area (Å²) in [5, 5.41) is 5.48. The molecule has 0 saturated heterocycles. The fraction of sp³-hybridized carbons (Fsp3) is 0.0811. The SMILES string of the molecule is Cc1cc2c(cc1C(C=C1Cc3cccc4cccc1c34)c1ccccc1)-c1cccc3cccc-2c13. The van der Waals surface area contributed by atoms with Crippen molar-refractivity contribution in [3.05, 3.63) is 149 Å². The van der Waals surface area contributed by atoms with Crippen LogP contribution in [0.1, 0.15) is 33.7 Å². The lowest BCUT2D eigenvalue weighted by Crippen LogP contribution is -2.03. The molecule has 0 N–H and O–H groups in total. The molecule has 0 radical (unpaired) electrons. The van der Waals surface area contributed by atoms with Crippen LogP contribution in [0.2, 0.25) is 0 Å². The van der Waals surface area contributed by atoms with Crippen molar-refractivity contribution < 1.29 is 0 Å². The Labute approximate surface area is 217 Å². The summed E-state index contributed by atoms with van der Waals surface area (Å²) in [7, 11) is 0. The third-order valence-electron chi connectivity index (χ3n) is 8.47. The monoisotopic (exact) mass is 470 g/mol. The largest absolute Gasteiger partial charge is 0.0685 e. The molecule has 0 nitrogen and oxygen atoms in total. The van der Waals surface area contributed by atoms with Crippen LogP contribution in [0.25, 0.3) is 49.4 Å². The van der Waals surface area contributed by atoms with Crippen molar-refractivity contribution in [2.24, 2.45) is 0 Å². The van der Waals surface area contributed by atoms with Crippen LogP contribution in [0.5, 0.6) is 0 Å². The van der Waals surface area contributed by atoms with Crippen LogP contribution >= 0.6 is 0 Å². The zero-order valence-electron chi connectivity index (χ0n) is 20.8. The van der Waals surface area contributed by atoms with E-state index in [0.717, 1.165) is 6.42 Å². The molecular formula is C37H26. The highest BCUT2D eigenvalue weighted by Crippen LogP contribution is 2.49. The van der Waals surface area contributed by atoms with Gasteiger partial charge in [0.25, 0.3) is 0 Å². The topological polar surface area (TPSA) is 0 Å². The number of rotatable bonds is 3. The summed E-state index contributed by atoms with van der Waals surface area (Å²) in [4.78, 5) is 0.